The monoisotopic (exact) mass is 196 g/mol. The average Bonchev–Trinajstić information content (AvgIpc) is 2.77. The molecule has 0 saturated carbocycles. The molecule has 4 nitrogen and oxygen atoms in total. The number of nitrogens with zero attached hydrogens (tertiary/aromatic N) is 2. The Hall–Kier alpha value is -0.870. The Morgan fingerprint density at radius 2 is 2.57 bits per heavy atom. The van der Waals surface area contributed by atoms with Crippen molar-refractivity contribution in [3.63, 3.8) is 0 Å². The Balaban J connectivity index is 2.17. The fourth-order valence-corrected chi connectivity index (χ4v) is 1.91. The number of aromatic nitrogens is 2. The highest BCUT2D eigenvalue weighted by Crippen LogP contribution is 2.21. The lowest BCUT2D eigenvalue weighted by molar-refractivity contribution is 0.184. The summed E-state index contributed by atoms with van der Waals surface area (Å²) >= 11 is 0. The lowest BCUT2D eigenvalue weighted by Gasteiger charge is -2.10. The highest BCUT2D eigenvalue weighted by atomic mass is 16.5. The van der Waals surface area contributed by atoms with Gasteiger partial charge in [0.2, 0.25) is 0 Å². The molecule has 0 radical (unpaired) electrons. The van der Waals surface area contributed by atoms with Crippen LogP contribution in [0.1, 0.15) is 23.7 Å². The Morgan fingerprint density at radius 1 is 1.71 bits per heavy atom. The molecule has 2 rings (SSSR count). The van der Waals surface area contributed by atoms with Gasteiger partial charge in [-0.3, -0.25) is 4.68 Å². The van der Waals surface area contributed by atoms with Crippen LogP contribution in [-0.2, 0) is 11.2 Å². The summed E-state index contributed by atoms with van der Waals surface area (Å²) in [5.74, 6) is 0. The summed E-state index contributed by atoms with van der Waals surface area (Å²) in [6.07, 6.45) is 3.59. The topological polar surface area (TPSA) is 47.3 Å². The van der Waals surface area contributed by atoms with Crippen LogP contribution in [0.25, 0.3) is 0 Å². The van der Waals surface area contributed by atoms with Gasteiger partial charge in [0.25, 0.3) is 0 Å². The van der Waals surface area contributed by atoms with Gasteiger partial charge in [0.15, 0.2) is 0 Å². The highest BCUT2D eigenvalue weighted by molar-refractivity contribution is 5.17. The predicted molar refractivity (Wildman–Crippen MR) is 52.2 cm³/mol. The molecule has 1 saturated heterocycles. The molecule has 1 aliphatic rings. The van der Waals surface area contributed by atoms with Gasteiger partial charge >= 0.3 is 0 Å². The lowest BCUT2D eigenvalue weighted by atomic mass is 10.2. The second-order valence-electron chi connectivity index (χ2n) is 3.69. The molecular weight excluding hydrogens is 180 g/mol. The van der Waals surface area contributed by atoms with Crippen LogP contribution in [-0.4, -0.2) is 34.7 Å². The van der Waals surface area contributed by atoms with Crippen LogP contribution < -0.4 is 0 Å². The smallest absolute Gasteiger partial charge is 0.0777 e. The zero-order valence-electron chi connectivity index (χ0n) is 8.44. The van der Waals surface area contributed by atoms with E-state index in [2.05, 4.69) is 12.0 Å². The van der Waals surface area contributed by atoms with Crippen molar-refractivity contribution in [1.29, 1.82) is 0 Å². The van der Waals surface area contributed by atoms with Crippen molar-refractivity contribution in [2.45, 2.75) is 25.8 Å². The van der Waals surface area contributed by atoms with E-state index in [-0.39, 0.29) is 6.61 Å². The van der Waals surface area contributed by atoms with E-state index >= 15 is 0 Å². The molecule has 0 spiro atoms. The minimum atomic E-state index is 0.188. The Labute approximate surface area is 83.5 Å². The molecule has 1 aromatic rings. The molecule has 1 N–H and O–H groups in total. The normalized spacial score (nSPS) is 21.7. The Kier molecular flexibility index (Phi) is 2.84. The molecule has 14 heavy (non-hydrogen) atoms. The molecule has 0 amide bonds. The van der Waals surface area contributed by atoms with Crippen molar-refractivity contribution in [1.82, 2.24) is 9.78 Å². The molecule has 78 valence electrons. The van der Waals surface area contributed by atoms with Crippen molar-refractivity contribution >= 4 is 0 Å². The summed E-state index contributed by atoms with van der Waals surface area (Å²) in [6, 6.07) is 0.391. The van der Waals surface area contributed by atoms with Gasteiger partial charge in [0.1, 0.15) is 0 Å². The lowest BCUT2D eigenvalue weighted by Crippen LogP contribution is -2.12. The fourth-order valence-electron chi connectivity index (χ4n) is 1.91. The van der Waals surface area contributed by atoms with E-state index in [9.17, 15) is 0 Å². The fraction of sp³-hybridized carbons (Fsp3) is 0.700. The molecule has 4 heteroatoms. The van der Waals surface area contributed by atoms with Gasteiger partial charge < -0.3 is 9.84 Å². The van der Waals surface area contributed by atoms with Crippen molar-refractivity contribution in [2.24, 2.45) is 0 Å². The number of aliphatic hydroxyl groups is 1. The Morgan fingerprint density at radius 3 is 3.21 bits per heavy atom. The van der Waals surface area contributed by atoms with E-state index in [1.807, 2.05) is 10.9 Å². The number of ether oxygens (including phenoxy) is 1. The van der Waals surface area contributed by atoms with E-state index in [1.165, 1.54) is 0 Å². The third-order valence-electron chi connectivity index (χ3n) is 2.78. The maximum absolute atomic E-state index is 8.86. The van der Waals surface area contributed by atoms with Crippen LogP contribution in [0.15, 0.2) is 6.20 Å². The molecular formula is C10H16N2O2. The van der Waals surface area contributed by atoms with Crippen molar-refractivity contribution < 1.29 is 9.84 Å². The van der Waals surface area contributed by atoms with Gasteiger partial charge in [0.05, 0.1) is 18.8 Å². The first kappa shape index (κ1) is 9.68. The maximum atomic E-state index is 8.86. The summed E-state index contributed by atoms with van der Waals surface area (Å²) < 4.78 is 7.35. The van der Waals surface area contributed by atoms with Crippen LogP contribution in [0.3, 0.4) is 0 Å². The highest BCUT2D eigenvalue weighted by Gasteiger charge is 2.20. The van der Waals surface area contributed by atoms with E-state index in [4.69, 9.17) is 9.84 Å². The summed E-state index contributed by atoms with van der Waals surface area (Å²) in [5.41, 5.74) is 2.30. The molecule has 0 aliphatic carbocycles. The van der Waals surface area contributed by atoms with Gasteiger partial charge in [0, 0.05) is 18.9 Å². The van der Waals surface area contributed by atoms with Gasteiger partial charge in [-0.2, -0.15) is 5.10 Å². The van der Waals surface area contributed by atoms with E-state index in [1.54, 1.807) is 0 Å². The molecule has 1 atom stereocenters. The molecule has 2 heterocycles. The summed E-state index contributed by atoms with van der Waals surface area (Å²) in [4.78, 5) is 0. The zero-order valence-corrected chi connectivity index (χ0v) is 8.44. The second-order valence-corrected chi connectivity index (χ2v) is 3.69. The summed E-state index contributed by atoms with van der Waals surface area (Å²) in [7, 11) is 0. The first-order chi connectivity index (χ1) is 6.83. The van der Waals surface area contributed by atoms with E-state index in [0.717, 1.165) is 30.9 Å². The largest absolute Gasteiger partial charge is 0.396 e. The van der Waals surface area contributed by atoms with Crippen LogP contribution in [0, 0.1) is 6.92 Å². The molecule has 1 aromatic heterocycles. The molecule has 1 fully saturated rings. The zero-order chi connectivity index (χ0) is 9.97. The van der Waals surface area contributed by atoms with Crippen LogP contribution in [0.4, 0.5) is 0 Å². The minimum Gasteiger partial charge on any atom is -0.396 e. The van der Waals surface area contributed by atoms with Crippen LogP contribution in [0.2, 0.25) is 0 Å². The van der Waals surface area contributed by atoms with Crippen molar-refractivity contribution in [3.05, 3.63) is 17.5 Å². The number of hydrogen-bond acceptors (Lipinski definition) is 3. The van der Waals surface area contributed by atoms with Gasteiger partial charge in [-0.05, 0) is 25.3 Å². The number of rotatable bonds is 3. The SMILES string of the molecule is Cc1c(CCO)cnn1C1CCOC1. The van der Waals surface area contributed by atoms with E-state index in [0.29, 0.717) is 12.5 Å². The Bertz CT molecular complexity index is 303. The third-order valence-corrected chi connectivity index (χ3v) is 2.78. The quantitative estimate of drug-likeness (QED) is 0.773. The first-order valence-electron chi connectivity index (χ1n) is 5.04. The summed E-state index contributed by atoms with van der Waals surface area (Å²) in [5, 5.41) is 13.2. The van der Waals surface area contributed by atoms with Gasteiger partial charge in [-0.25, -0.2) is 0 Å². The summed E-state index contributed by atoms with van der Waals surface area (Å²) in [6.45, 7) is 3.84. The minimum absolute atomic E-state index is 0.188. The van der Waals surface area contributed by atoms with Gasteiger partial charge in [-0.1, -0.05) is 0 Å². The predicted octanol–water partition coefficient (Wildman–Crippen LogP) is 0.688. The van der Waals surface area contributed by atoms with E-state index < -0.39 is 0 Å². The second kappa shape index (κ2) is 4.11. The average molecular weight is 196 g/mol. The molecule has 1 unspecified atom stereocenters. The van der Waals surface area contributed by atoms with Gasteiger partial charge in [-0.15, -0.1) is 0 Å². The maximum Gasteiger partial charge on any atom is 0.0777 e. The molecule has 0 aromatic carbocycles. The third kappa shape index (κ3) is 1.67. The molecule has 0 bridgehead atoms. The standard InChI is InChI=1S/C10H16N2O2/c1-8-9(2-4-13)6-11-12(8)10-3-5-14-7-10/h6,10,13H,2-5,7H2,1H3. The van der Waals surface area contributed by atoms with Crippen molar-refractivity contribution in [2.75, 3.05) is 19.8 Å². The van der Waals surface area contributed by atoms with Crippen molar-refractivity contribution in [3.8, 4) is 0 Å². The number of hydrogen-bond donors (Lipinski definition) is 1. The molecule has 1 aliphatic heterocycles. The van der Waals surface area contributed by atoms with Crippen LogP contribution >= 0.6 is 0 Å². The first-order valence-corrected chi connectivity index (χ1v) is 5.04. The van der Waals surface area contributed by atoms with Crippen LogP contribution in [0.5, 0.6) is 0 Å². The number of aliphatic hydroxyl groups excluding tert-OH is 1.